The first kappa shape index (κ1) is 27.3. The molecule has 1 fully saturated rings. The fraction of sp³-hybridized carbons (Fsp3) is 0.500. The van der Waals surface area contributed by atoms with Gasteiger partial charge in [-0.3, -0.25) is 34.6 Å². The van der Waals surface area contributed by atoms with Gasteiger partial charge < -0.3 is 18.9 Å². The maximum Gasteiger partial charge on any atom is 0.304 e. The summed E-state index contributed by atoms with van der Waals surface area (Å²) < 4.78 is 21.0. The van der Waals surface area contributed by atoms with Gasteiger partial charge in [-0.05, 0) is 11.6 Å². The van der Waals surface area contributed by atoms with Gasteiger partial charge in [-0.25, -0.2) is 0 Å². The lowest BCUT2D eigenvalue weighted by Gasteiger charge is -2.43. The van der Waals surface area contributed by atoms with Crippen LogP contribution in [0.4, 0.5) is 11.4 Å². The monoisotopic (exact) mass is 513 g/mol. The molecule has 1 aromatic carbocycles. The summed E-state index contributed by atoms with van der Waals surface area (Å²) in [4.78, 5) is 58.4. The van der Waals surface area contributed by atoms with Crippen LogP contribution in [0.1, 0.15) is 20.8 Å². The average molecular weight is 513 g/mol. The number of hydrogen-bond acceptors (Lipinski definition) is 13. The summed E-state index contributed by atoms with van der Waals surface area (Å²) in [5, 5.41) is 25.1. The summed E-state index contributed by atoms with van der Waals surface area (Å²) >= 11 is 0.689. The second-order valence-electron chi connectivity index (χ2n) is 6.97. The normalized spacial score (nSPS) is 23.3. The molecule has 5 atom stereocenters. The summed E-state index contributed by atoms with van der Waals surface area (Å²) in [5.41, 5.74) is 7.92. The standard InChI is InChI=1S/C18H19N5O11S/c1-8(24)31-7-13-16(32-9(2)25)17(15(20-21-19)18(34-13)33-10(3)26)35-14-5-4-11(22(27)28)6-12(14)23(29)30/h4-6,13,15-18H,7H2,1-3H3/t13-,15-,16+,17-,18?/m1/s1. The Kier molecular flexibility index (Phi) is 9.33. The van der Waals surface area contributed by atoms with Crippen molar-refractivity contribution in [1.29, 1.82) is 0 Å². The molecule has 1 aromatic rings. The number of nitrogens with zero attached hydrogens (tertiary/aromatic N) is 5. The SMILES string of the molecule is CC(=O)OC[C@H]1OC(OC(C)=O)[C@H](N=[N+]=[N-])[C@@H](Sc2ccc([N+](=O)[O-])cc2[N+](=O)[O-])[C@H]1OC(C)=O. The number of azide groups is 1. The van der Waals surface area contributed by atoms with Gasteiger partial charge in [0, 0.05) is 31.7 Å². The van der Waals surface area contributed by atoms with E-state index in [0.717, 1.165) is 39.0 Å². The van der Waals surface area contributed by atoms with Crippen LogP contribution in [0.2, 0.25) is 0 Å². The summed E-state index contributed by atoms with van der Waals surface area (Å²) in [7, 11) is 0. The predicted molar refractivity (Wildman–Crippen MR) is 115 cm³/mol. The summed E-state index contributed by atoms with van der Waals surface area (Å²) in [6.45, 7) is 2.77. The van der Waals surface area contributed by atoms with Gasteiger partial charge in [-0.1, -0.05) is 5.11 Å². The number of thioether (sulfide) groups is 1. The molecule has 35 heavy (non-hydrogen) atoms. The number of carbonyl (C=O) groups is 3. The van der Waals surface area contributed by atoms with Crippen LogP contribution in [-0.4, -0.2) is 64.2 Å². The Bertz CT molecular complexity index is 1080. The van der Waals surface area contributed by atoms with Crippen molar-refractivity contribution in [3.63, 3.8) is 0 Å². The van der Waals surface area contributed by atoms with Crippen LogP contribution < -0.4 is 0 Å². The van der Waals surface area contributed by atoms with E-state index in [9.17, 15) is 34.6 Å². The maximum atomic E-state index is 11.8. The van der Waals surface area contributed by atoms with Crippen LogP contribution >= 0.6 is 11.8 Å². The predicted octanol–water partition coefficient (Wildman–Crippen LogP) is 2.43. The molecular weight excluding hydrogens is 494 g/mol. The third-order valence-corrected chi connectivity index (χ3v) is 5.87. The van der Waals surface area contributed by atoms with Crippen LogP contribution in [0.15, 0.2) is 28.2 Å². The number of hydrogen-bond donors (Lipinski definition) is 0. The van der Waals surface area contributed by atoms with Crippen LogP contribution in [0.3, 0.4) is 0 Å². The Balaban J connectivity index is 2.62. The lowest BCUT2D eigenvalue weighted by Crippen LogP contribution is -2.59. The molecule has 16 nitrogen and oxygen atoms in total. The van der Waals surface area contributed by atoms with Crippen molar-refractivity contribution in [3.05, 3.63) is 48.9 Å². The lowest BCUT2D eigenvalue weighted by atomic mass is 10.00. The molecule has 0 aromatic heterocycles. The zero-order chi connectivity index (χ0) is 26.3. The first-order valence-corrected chi connectivity index (χ1v) is 10.6. The van der Waals surface area contributed by atoms with Crippen LogP contribution in [0.5, 0.6) is 0 Å². The van der Waals surface area contributed by atoms with Crippen molar-refractivity contribution in [3.8, 4) is 0 Å². The highest BCUT2D eigenvalue weighted by atomic mass is 32.2. The maximum absolute atomic E-state index is 11.8. The van der Waals surface area contributed by atoms with E-state index < -0.39 is 75.5 Å². The number of carbonyl (C=O) groups excluding carboxylic acids is 3. The minimum atomic E-state index is -1.54. The van der Waals surface area contributed by atoms with E-state index in [1.807, 2.05) is 0 Å². The lowest BCUT2D eigenvalue weighted by molar-refractivity contribution is -0.396. The molecule has 1 heterocycles. The minimum Gasteiger partial charge on any atom is -0.463 e. The Labute approximate surface area is 200 Å². The van der Waals surface area contributed by atoms with Gasteiger partial charge in [0.15, 0.2) is 0 Å². The Morgan fingerprint density at radius 3 is 2.29 bits per heavy atom. The van der Waals surface area contributed by atoms with Crippen molar-refractivity contribution in [1.82, 2.24) is 0 Å². The third kappa shape index (κ3) is 7.26. The highest BCUT2D eigenvalue weighted by Gasteiger charge is 2.50. The van der Waals surface area contributed by atoms with E-state index in [1.165, 1.54) is 0 Å². The smallest absolute Gasteiger partial charge is 0.304 e. The minimum absolute atomic E-state index is 0.101. The molecule has 1 unspecified atom stereocenters. The molecule has 17 heteroatoms. The highest BCUT2D eigenvalue weighted by Crippen LogP contribution is 2.42. The molecule has 1 saturated heterocycles. The average Bonchev–Trinajstić information content (AvgIpc) is 2.75. The molecule has 0 amide bonds. The van der Waals surface area contributed by atoms with Crippen molar-refractivity contribution >= 4 is 41.0 Å². The number of benzene rings is 1. The van der Waals surface area contributed by atoms with E-state index in [0.29, 0.717) is 11.8 Å². The molecule has 0 saturated carbocycles. The van der Waals surface area contributed by atoms with Crippen LogP contribution in [-0.2, 0) is 33.3 Å². The van der Waals surface area contributed by atoms with Crippen molar-refractivity contribution < 1.29 is 43.2 Å². The summed E-state index contributed by atoms with van der Waals surface area (Å²) in [6, 6.07) is 1.50. The fourth-order valence-electron chi connectivity index (χ4n) is 3.15. The summed E-state index contributed by atoms with van der Waals surface area (Å²) in [5.74, 6) is -2.33. The molecule has 0 aliphatic carbocycles. The number of nitro benzene ring substituents is 2. The Morgan fingerprint density at radius 2 is 1.77 bits per heavy atom. The van der Waals surface area contributed by atoms with E-state index in [-0.39, 0.29) is 4.90 Å². The quantitative estimate of drug-likeness (QED) is 0.0882. The van der Waals surface area contributed by atoms with Gasteiger partial charge in [0.1, 0.15) is 24.9 Å². The van der Waals surface area contributed by atoms with Crippen molar-refractivity contribution in [2.75, 3.05) is 6.61 Å². The van der Waals surface area contributed by atoms with Crippen LogP contribution in [0.25, 0.3) is 10.4 Å². The third-order valence-electron chi connectivity index (χ3n) is 4.45. The molecule has 0 radical (unpaired) electrons. The van der Waals surface area contributed by atoms with Crippen molar-refractivity contribution in [2.24, 2.45) is 5.11 Å². The van der Waals surface area contributed by atoms with Gasteiger partial charge in [-0.15, -0.1) is 11.8 Å². The molecule has 0 bridgehead atoms. The Hall–Kier alpha value is -3.95. The number of non-ortho nitro benzene ring substituents is 1. The molecule has 1 aliphatic heterocycles. The number of nitro groups is 2. The van der Waals surface area contributed by atoms with Gasteiger partial charge >= 0.3 is 17.9 Å². The van der Waals surface area contributed by atoms with Gasteiger partial charge in [0.2, 0.25) is 6.29 Å². The molecule has 0 N–H and O–H groups in total. The first-order valence-electron chi connectivity index (χ1n) is 9.71. The fourth-order valence-corrected chi connectivity index (χ4v) is 4.53. The number of ether oxygens (including phenoxy) is 4. The molecule has 1 aliphatic rings. The van der Waals surface area contributed by atoms with Crippen LogP contribution in [0, 0.1) is 20.2 Å². The van der Waals surface area contributed by atoms with Gasteiger partial charge in [0.25, 0.3) is 11.4 Å². The second-order valence-corrected chi connectivity index (χ2v) is 8.19. The van der Waals surface area contributed by atoms with E-state index in [1.54, 1.807) is 0 Å². The van der Waals surface area contributed by atoms with Crippen molar-refractivity contribution in [2.45, 2.75) is 55.5 Å². The van der Waals surface area contributed by atoms with E-state index >= 15 is 0 Å². The Morgan fingerprint density at radius 1 is 1.11 bits per heavy atom. The highest BCUT2D eigenvalue weighted by molar-refractivity contribution is 8.00. The molecule has 188 valence electrons. The number of rotatable bonds is 9. The second kappa shape index (κ2) is 12.0. The largest absolute Gasteiger partial charge is 0.463 e. The van der Waals surface area contributed by atoms with Gasteiger partial charge in [-0.2, -0.15) is 0 Å². The van der Waals surface area contributed by atoms with E-state index in [2.05, 4.69) is 10.0 Å². The topological polar surface area (TPSA) is 223 Å². The molecule has 2 rings (SSSR count). The molecular formula is C18H19N5O11S. The zero-order valence-electron chi connectivity index (χ0n) is 18.5. The number of esters is 3. The zero-order valence-corrected chi connectivity index (χ0v) is 19.3. The molecule has 0 spiro atoms. The first-order chi connectivity index (χ1) is 16.4. The van der Waals surface area contributed by atoms with Gasteiger partial charge in [0.05, 0.1) is 26.1 Å². The summed E-state index contributed by atoms with van der Waals surface area (Å²) in [6.07, 6.45) is -4.08. The van der Waals surface area contributed by atoms with E-state index in [4.69, 9.17) is 24.5 Å².